The van der Waals surface area contributed by atoms with Crippen molar-refractivity contribution >= 4 is 23.5 Å². The molecule has 0 aromatic heterocycles. The number of aliphatic imine (C=N–C) groups is 1. The quantitative estimate of drug-likeness (QED) is 0.0801. The zero-order valence-corrected chi connectivity index (χ0v) is 23.5. The Kier molecular flexibility index (Phi) is 9.49. The van der Waals surface area contributed by atoms with Crippen molar-refractivity contribution in [1.82, 2.24) is 10.9 Å². The number of hydrazine groups is 1. The second kappa shape index (κ2) is 13.0. The molecule has 2 aliphatic rings. The second-order valence-corrected chi connectivity index (χ2v) is 11.0. The van der Waals surface area contributed by atoms with Crippen LogP contribution in [0.2, 0.25) is 0 Å². The Labute approximate surface area is 238 Å². The van der Waals surface area contributed by atoms with Crippen LogP contribution in [0.5, 0.6) is 5.75 Å². The van der Waals surface area contributed by atoms with Crippen LogP contribution in [0.4, 0.5) is 5.69 Å². The number of nitrogens with one attached hydrogen (secondary N) is 2. The van der Waals surface area contributed by atoms with Crippen molar-refractivity contribution in [3.8, 4) is 5.75 Å². The number of azide groups is 1. The van der Waals surface area contributed by atoms with Crippen molar-refractivity contribution in [2.75, 3.05) is 13.2 Å². The largest absolute Gasteiger partial charge is 0.494 e. The van der Waals surface area contributed by atoms with Crippen LogP contribution in [0.15, 0.2) is 58.6 Å². The van der Waals surface area contributed by atoms with Crippen LogP contribution in [0.3, 0.4) is 0 Å². The SMILES string of the molecule is CC(C)(C)OC(=O)CC[C@]1(C(=O)NNC2CC2)N=C(c2ccc(OCCCO)cc2)O[C@H]1c1ccccc1N=[N+]=[N-]. The fraction of sp³-hybridized carbons (Fsp3) is 0.483. The zero-order chi connectivity index (χ0) is 29.5. The molecular formula is C29H36N6O6. The third-order valence-corrected chi connectivity index (χ3v) is 6.50. The van der Waals surface area contributed by atoms with Crippen LogP contribution in [0.1, 0.15) is 70.1 Å². The van der Waals surface area contributed by atoms with Crippen molar-refractivity contribution in [2.24, 2.45) is 10.1 Å². The van der Waals surface area contributed by atoms with Crippen LogP contribution in [0, 0.1) is 0 Å². The van der Waals surface area contributed by atoms with Gasteiger partial charge in [-0.05, 0) is 69.8 Å². The van der Waals surface area contributed by atoms with Crippen molar-refractivity contribution in [3.63, 3.8) is 0 Å². The minimum absolute atomic E-state index is 0.0266. The third kappa shape index (κ3) is 7.75. The summed E-state index contributed by atoms with van der Waals surface area (Å²) < 4.78 is 17.6. The number of benzene rings is 2. The maximum absolute atomic E-state index is 14.0. The van der Waals surface area contributed by atoms with Crippen molar-refractivity contribution in [3.05, 3.63) is 70.1 Å². The maximum Gasteiger partial charge on any atom is 0.306 e. The number of carbonyl (C=O) groups excluding carboxylic acids is 2. The Morgan fingerprint density at radius 1 is 1.20 bits per heavy atom. The molecule has 1 fully saturated rings. The standard InChI is InChI=1S/C29H36N6O6/c1-28(2,3)41-24(37)15-16-29(27(38)34-32-20-11-12-20)25(22-7-4-5-8-23(22)33-35-30)40-26(31-29)19-9-13-21(14-10-19)39-18-6-17-36/h4-5,7-10,13-14,20,25,32,36H,6,11-12,15-18H2,1-3H3,(H,34,38)/t25-,29-/m0/s1. The molecule has 2 aromatic rings. The van der Waals surface area contributed by atoms with Gasteiger partial charge in [-0.1, -0.05) is 29.4 Å². The summed E-state index contributed by atoms with van der Waals surface area (Å²) in [7, 11) is 0. The van der Waals surface area contributed by atoms with Gasteiger partial charge in [0, 0.05) is 47.2 Å². The number of nitrogens with zero attached hydrogens (tertiary/aromatic N) is 4. The summed E-state index contributed by atoms with van der Waals surface area (Å²) >= 11 is 0. The van der Waals surface area contributed by atoms with Gasteiger partial charge in [-0.2, -0.15) is 0 Å². The molecule has 1 aliphatic heterocycles. The highest BCUT2D eigenvalue weighted by Crippen LogP contribution is 2.46. The van der Waals surface area contributed by atoms with Gasteiger partial charge in [-0.25, -0.2) is 10.4 Å². The van der Waals surface area contributed by atoms with E-state index in [0.717, 1.165) is 12.8 Å². The topological polar surface area (TPSA) is 167 Å². The number of ether oxygens (including phenoxy) is 3. The summed E-state index contributed by atoms with van der Waals surface area (Å²) in [6.07, 6.45) is 1.24. The van der Waals surface area contributed by atoms with E-state index in [1.54, 1.807) is 69.3 Å². The summed E-state index contributed by atoms with van der Waals surface area (Å²) in [5.41, 5.74) is 14.1. The number of aliphatic hydroxyl groups is 1. The van der Waals surface area contributed by atoms with Crippen molar-refractivity contribution < 1.29 is 28.9 Å². The number of hydrogen-bond acceptors (Lipinski definition) is 9. The molecule has 0 radical (unpaired) electrons. The van der Waals surface area contributed by atoms with E-state index in [2.05, 4.69) is 20.9 Å². The molecule has 3 N–H and O–H groups in total. The molecule has 12 heteroatoms. The Balaban J connectivity index is 1.74. The fourth-order valence-corrected chi connectivity index (χ4v) is 4.38. The molecule has 1 saturated carbocycles. The van der Waals surface area contributed by atoms with Gasteiger partial charge < -0.3 is 19.3 Å². The van der Waals surface area contributed by atoms with E-state index in [1.807, 2.05) is 0 Å². The number of amides is 1. The Hall–Kier alpha value is -4.12. The lowest BCUT2D eigenvalue weighted by atomic mass is 9.83. The van der Waals surface area contributed by atoms with Gasteiger partial charge in [0.25, 0.3) is 5.91 Å². The van der Waals surface area contributed by atoms with Gasteiger partial charge in [-0.15, -0.1) is 0 Å². The summed E-state index contributed by atoms with van der Waals surface area (Å²) in [5, 5.41) is 12.8. The van der Waals surface area contributed by atoms with Crippen LogP contribution in [-0.4, -0.2) is 53.3 Å². The molecule has 2 aromatic carbocycles. The summed E-state index contributed by atoms with van der Waals surface area (Å²) in [6.45, 7) is 5.73. The molecule has 41 heavy (non-hydrogen) atoms. The normalized spacial score (nSPS) is 19.9. The molecule has 1 aliphatic carbocycles. The fourth-order valence-electron chi connectivity index (χ4n) is 4.38. The monoisotopic (exact) mass is 564 g/mol. The zero-order valence-electron chi connectivity index (χ0n) is 23.5. The summed E-state index contributed by atoms with van der Waals surface area (Å²) in [4.78, 5) is 34.6. The van der Waals surface area contributed by atoms with Crippen LogP contribution in [-0.2, 0) is 19.1 Å². The number of carbonyl (C=O) groups is 2. The van der Waals surface area contributed by atoms with E-state index in [1.165, 1.54) is 0 Å². The Bertz CT molecular complexity index is 1310. The minimum atomic E-state index is -1.59. The molecule has 12 nitrogen and oxygen atoms in total. The van der Waals surface area contributed by atoms with E-state index in [9.17, 15) is 15.1 Å². The molecule has 4 rings (SSSR count). The lowest BCUT2D eigenvalue weighted by Crippen LogP contribution is -2.53. The van der Waals surface area contributed by atoms with Gasteiger partial charge in [0.05, 0.1) is 6.61 Å². The van der Waals surface area contributed by atoms with Gasteiger partial charge in [-0.3, -0.25) is 15.0 Å². The summed E-state index contributed by atoms with van der Waals surface area (Å²) in [5.74, 6) is -0.158. The number of aliphatic hydroxyl groups excluding tert-OH is 1. The Morgan fingerprint density at radius 2 is 1.93 bits per heavy atom. The van der Waals surface area contributed by atoms with Gasteiger partial charge in [0.15, 0.2) is 11.6 Å². The number of hydrogen-bond donors (Lipinski definition) is 3. The molecule has 1 amide bonds. The molecule has 0 saturated heterocycles. The number of rotatable bonds is 13. The average molecular weight is 565 g/mol. The van der Waals surface area contributed by atoms with E-state index >= 15 is 0 Å². The highest BCUT2D eigenvalue weighted by atomic mass is 16.6. The van der Waals surface area contributed by atoms with E-state index in [0.29, 0.717) is 29.9 Å². The van der Waals surface area contributed by atoms with Crippen molar-refractivity contribution in [2.45, 2.75) is 76.2 Å². The second-order valence-electron chi connectivity index (χ2n) is 11.0. The highest BCUT2D eigenvalue weighted by molar-refractivity contribution is 6.01. The average Bonchev–Trinajstić information content (AvgIpc) is 3.69. The first-order valence-corrected chi connectivity index (χ1v) is 13.7. The molecule has 0 unspecified atom stereocenters. The predicted octanol–water partition coefficient (Wildman–Crippen LogP) is 4.55. The lowest BCUT2D eigenvalue weighted by Gasteiger charge is -2.31. The first-order valence-electron chi connectivity index (χ1n) is 13.7. The molecule has 0 bridgehead atoms. The molecule has 1 heterocycles. The predicted molar refractivity (Wildman–Crippen MR) is 151 cm³/mol. The van der Waals surface area contributed by atoms with Crippen LogP contribution < -0.4 is 15.6 Å². The van der Waals surface area contributed by atoms with Gasteiger partial charge >= 0.3 is 5.97 Å². The molecule has 2 atom stereocenters. The molecule has 0 spiro atoms. The third-order valence-electron chi connectivity index (χ3n) is 6.50. The lowest BCUT2D eigenvalue weighted by molar-refractivity contribution is -0.155. The van der Waals surface area contributed by atoms with Crippen LogP contribution >= 0.6 is 0 Å². The van der Waals surface area contributed by atoms with E-state index < -0.39 is 29.1 Å². The molecule has 218 valence electrons. The minimum Gasteiger partial charge on any atom is -0.494 e. The first-order chi connectivity index (χ1) is 19.6. The van der Waals surface area contributed by atoms with E-state index in [-0.39, 0.29) is 37.1 Å². The maximum atomic E-state index is 14.0. The Morgan fingerprint density at radius 3 is 2.59 bits per heavy atom. The summed E-state index contributed by atoms with van der Waals surface area (Å²) in [6, 6.07) is 14.0. The van der Waals surface area contributed by atoms with Gasteiger partial charge in [0.2, 0.25) is 5.90 Å². The number of esters is 1. The van der Waals surface area contributed by atoms with Gasteiger partial charge in [0.1, 0.15) is 11.4 Å². The molecular weight excluding hydrogens is 528 g/mol. The van der Waals surface area contributed by atoms with Crippen molar-refractivity contribution in [1.29, 1.82) is 0 Å². The smallest absolute Gasteiger partial charge is 0.306 e. The first kappa shape index (κ1) is 29.9. The highest BCUT2D eigenvalue weighted by Gasteiger charge is 2.54. The van der Waals surface area contributed by atoms with Crippen LogP contribution in [0.25, 0.3) is 10.4 Å². The van der Waals surface area contributed by atoms with E-state index in [4.69, 9.17) is 24.3 Å².